The molecule has 0 aliphatic rings. The Hall–Kier alpha value is -1.39. The van der Waals surface area contributed by atoms with E-state index in [1.807, 2.05) is 31.2 Å². The Morgan fingerprint density at radius 2 is 2.15 bits per heavy atom. The van der Waals surface area contributed by atoms with Crippen LogP contribution < -0.4 is 10.5 Å². The molecule has 1 aromatic carbocycles. The number of halogens is 1. The van der Waals surface area contributed by atoms with Gasteiger partial charge in [-0.1, -0.05) is 28.9 Å². The molecule has 0 spiro atoms. The Bertz CT molecular complexity index is 586. The molecule has 1 heterocycles. The second-order valence-corrected chi connectivity index (χ2v) is 5.67. The summed E-state index contributed by atoms with van der Waals surface area (Å²) in [7, 11) is 0. The molecule has 4 heteroatoms. The highest BCUT2D eigenvalue weighted by Gasteiger charge is 2.08. The molecule has 1 unspecified atom stereocenters. The molecular formula is C16H19BrN2O. The van der Waals surface area contributed by atoms with Crippen molar-refractivity contribution in [3.05, 3.63) is 52.3 Å². The van der Waals surface area contributed by atoms with Crippen LogP contribution in [0.15, 0.2) is 41.0 Å². The molecule has 0 radical (unpaired) electrons. The first kappa shape index (κ1) is 15.0. The van der Waals surface area contributed by atoms with E-state index in [2.05, 4.69) is 33.9 Å². The summed E-state index contributed by atoms with van der Waals surface area (Å²) < 4.78 is 6.88. The first-order valence-electron chi connectivity index (χ1n) is 6.73. The van der Waals surface area contributed by atoms with Gasteiger partial charge in [0.1, 0.15) is 11.5 Å². The van der Waals surface area contributed by atoms with Gasteiger partial charge in [-0.15, -0.1) is 0 Å². The maximum atomic E-state index is 6.00. The molecule has 1 aromatic heterocycles. The molecule has 0 fully saturated rings. The van der Waals surface area contributed by atoms with Crippen LogP contribution in [0.2, 0.25) is 0 Å². The number of nitrogens with two attached hydrogens (primary N) is 1. The lowest BCUT2D eigenvalue weighted by atomic mass is 10.0. The molecule has 2 rings (SSSR count). The SMILES string of the molecule is CCC(N)Cc1ccc(Oc2cccnc2C)cc1Br. The summed E-state index contributed by atoms with van der Waals surface area (Å²) >= 11 is 3.59. The van der Waals surface area contributed by atoms with Gasteiger partial charge in [-0.05, 0) is 49.6 Å². The van der Waals surface area contributed by atoms with E-state index in [1.165, 1.54) is 5.56 Å². The van der Waals surface area contributed by atoms with Crippen LogP contribution in [0, 0.1) is 6.92 Å². The summed E-state index contributed by atoms with van der Waals surface area (Å²) in [5.41, 5.74) is 8.07. The molecule has 2 N–H and O–H groups in total. The van der Waals surface area contributed by atoms with Gasteiger partial charge >= 0.3 is 0 Å². The van der Waals surface area contributed by atoms with Gasteiger partial charge in [-0.2, -0.15) is 0 Å². The van der Waals surface area contributed by atoms with E-state index in [4.69, 9.17) is 10.5 Å². The van der Waals surface area contributed by atoms with Crippen LogP contribution in [0.1, 0.15) is 24.6 Å². The Labute approximate surface area is 128 Å². The highest BCUT2D eigenvalue weighted by atomic mass is 79.9. The zero-order chi connectivity index (χ0) is 14.5. The Morgan fingerprint density at radius 1 is 1.35 bits per heavy atom. The Morgan fingerprint density at radius 3 is 2.80 bits per heavy atom. The van der Waals surface area contributed by atoms with Gasteiger partial charge in [0.25, 0.3) is 0 Å². The second-order valence-electron chi connectivity index (χ2n) is 4.81. The molecule has 0 amide bonds. The highest BCUT2D eigenvalue weighted by molar-refractivity contribution is 9.10. The fourth-order valence-corrected chi connectivity index (χ4v) is 2.41. The van der Waals surface area contributed by atoms with Gasteiger partial charge in [0.05, 0.1) is 5.69 Å². The molecular weight excluding hydrogens is 316 g/mol. The second kappa shape index (κ2) is 6.86. The maximum Gasteiger partial charge on any atom is 0.148 e. The molecule has 0 bridgehead atoms. The summed E-state index contributed by atoms with van der Waals surface area (Å²) in [6, 6.07) is 9.97. The van der Waals surface area contributed by atoms with E-state index in [1.54, 1.807) is 6.20 Å². The predicted molar refractivity (Wildman–Crippen MR) is 85.2 cm³/mol. The van der Waals surface area contributed by atoms with Crippen LogP contribution in [0.25, 0.3) is 0 Å². The highest BCUT2D eigenvalue weighted by Crippen LogP contribution is 2.28. The number of hydrogen-bond acceptors (Lipinski definition) is 3. The van der Waals surface area contributed by atoms with E-state index < -0.39 is 0 Å². The average molecular weight is 335 g/mol. The summed E-state index contributed by atoms with van der Waals surface area (Å²) in [5, 5.41) is 0. The van der Waals surface area contributed by atoms with Crippen LogP contribution in [0.4, 0.5) is 0 Å². The van der Waals surface area contributed by atoms with Crippen molar-refractivity contribution >= 4 is 15.9 Å². The van der Waals surface area contributed by atoms with Gasteiger partial charge in [0, 0.05) is 16.7 Å². The van der Waals surface area contributed by atoms with Crippen LogP contribution in [-0.4, -0.2) is 11.0 Å². The van der Waals surface area contributed by atoms with Gasteiger partial charge < -0.3 is 10.5 Å². The number of rotatable bonds is 5. The topological polar surface area (TPSA) is 48.1 Å². The lowest BCUT2D eigenvalue weighted by Gasteiger charge is -2.12. The first-order chi connectivity index (χ1) is 9.60. The van der Waals surface area contributed by atoms with Gasteiger partial charge in [0.15, 0.2) is 0 Å². The van der Waals surface area contributed by atoms with Crippen molar-refractivity contribution < 1.29 is 4.74 Å². The van der Waals surface area contributed by atoms with Crippen molar-refractivity contribution in [1.29, 1.82) is 0 Å². The number of nitrogens with zero attached hydrogens (tertiary/aromatic N) is 1. The molecule has 0 aliphatic heterocycles. The number of benzene rings is 1. The molecule has 3 nitrogen and oxygen atoms in total. The third-order valence-electron chi connectivity index (χ3n) is 3.22. The molecule has 0 saturated heterocycles. The number of hydrogen-bond donors (Lipinski definition) is 1. The normalized spacial score (nSPS) is 12.2. The van der Waals surface area contributed by atoms with Crippen molar-refractivity contribution in [1.82, 2.24) is 4.98 Å². The van der Waals surface area contributed by atoms with Gasteiger partial charge in [0.2, 0.25) is 0 Å². The molecule has 20 heavy (non-hydrogen) atoms. The smallest absolute Gasteiger partial charge is 0.148 e. The summed E-state index contributed by atoms with van der Waals surface area (Å²) in [6.07, 6.45) is 3.59. The standard InChI is InChI=1S/C16H19BrN2O/c1-3-13(18)9-12-6-7-14(10-15(12)17)20-16-5-4-8-19-11(16)2/h4-8,10,13H,3,9,18H2,1-2H3. The number of aromatic nitrogens is 1. The van der Waals surface area contributed by atoms with E-state index in [-0.39, 0.29) is 6.04 Å². The van der Waals surface area contributed by atoms with Crippen LogP contribution >= 0.6 is 15.9 Å². The largest absolute Gasteiger partial charge is 0.455 e. The fourth-order valence-electron chi connectivity index (χ4n) is 1.89. The van der Waals surface area contributed by atoms with Crippen molar-refractivity contribution in [2.24, 2.45) is 5.73 Å². The van der Waals surface area contributed by atoms with E-state index in [0.29, 0.717) is 0 Å². The van der Waals surface area contributed by atoms with Crippen LogP contribution in [-0.2, 0) is 6.42 Å². The summed E-state index contributed by atoms with van der Waals surface area (Å²) in [4.78, 5) is 4.21. The van der Waals surface area contributed by atoms with E-state index >= 15 is 0 Å². The van der Waals surface area contributed by atoms with E-state index in [0.717, 1.165) is 34.5 Å². The lowest BCUT2D eigenvalue weighted by molar-refractivity contribution is 0.475. The number of aryl methyl sites for hydroxylation is 1. The summed E-state index contributed by atoms with van der Waals surface area (Å²) in [5.74, 6) is 1.57. The van der Waals surface area contributed by atoms with Crippen molar-refractivity contribution in [3.63, 3.8) is 0 Å². The minimum atomic E-state index is 0.193. The van der Waals surface area contributed by atoms with Crippen molar-refractivity contribution in [3.8, 4) is 11.5 Å². The number of ether oxygens (including phenoxy) is 1. The zero-order valence-electron chi connectivity index (χ0n) is 11.8. The first-order valence-corrected chi connectivity index (χ1v) is 7.53. The molecule has 106 valence electrons. The number of pyridine rings is 1. The fraction of sp³-hybridized carbons (Fsp3) is 0.312. The predicted octanol–water partition coefficient (Wildman–Crippen LogP) is 4.22. The summed E-state index contributed by atoms with van der Waals surface area (Å²) in [6.45, 7) is 4.03. The van der Waals surface area contributed by atoms with Gasteiger partial charge in [-0.3, -0.25) is 4.98 Å². The minimum Gasteiger partial charge on any atom is -0.455 e. The van der Waals surface area contributed by atoms with Crippen molar-refractivity contribution in [2.45, 2.75) is 32.7 Å². The monoisotopic (exact) mass is 334 g/mol. The third-order valence-corrected chi connectivity index (χ3v) is 3.96. The third kappa shape index (κ3) is 3.81. The van der Waals surface area contributed by atoms with Crippen LogP contribution in [0.3, 0.4) is 0 Å². The van der Waals surface area contributed by atoms with Crippen LogP contribution in [0.5, 0.6) is 11.5 Å². The molecule has 2 aromatic rings. The minimum absolute atomic E-state index is 0.193. The molecule has 0 aliphatic carbocycles. The maximum absolute atomic E-state index is 6.00. The van der Waals surface area contributed by atoms with E-state index in [9.17, 15) is 0 Å². The Balaban J connectivity index is 2.15. The van der Waals surface area contributed by atoms with Gasteiger partial charge in [-0.25, -0.2) is 0 Å². The zero-order valence-corrected chi connectivity index (χ0v) is 13.4. The quantitative estimate of drug-likeness (QED) is 0.890. The lowest BCUT2D eigenvalue weighted by Crippen LogP contribution is -2.21. The van der Waals surface area contributed by atoms with Crippen molar-refractivity contribution in [2.75, 3.05) is 0 Å². The molecule has 1 atom stereocenters. The average Bonchev–Trinajstić information content (AvgIpc) is 2.44. The Kier molecular flexibility index (Phi) is 5.15. The molecule has 0 saturated carbocycles.